The highest BCUT2D eigenvalue weighted by Gasteiger charge is 1.86. The molecule has 6 heteroatoms. The first kappa shape index (κ1) is 4.69. The second-order valence-electron chi connectivity index (χ2n) is 1.08. The van der Waals surface area contributed by atoms with Crippen LogP contribution in [0.25, 0.3) is 0 Å². The van der Waals surface area contributed by atoms with E-state index >= 15 is 0 Å². The van der Waals surface area contributed by atoms with E-state index in [1.54, 1.807) is 0 Å². The van der Waals surface area contributed by atoms with Gasteiger partial charge in [-0.05, 0) is 0 Å². The Bertz CT molecular complexity index is 153. The minimum Gasteiger partial charge on any atom is -0.263 e. The summed E-state index contributed by atoms with van der Waals surface area (Å²) in [6.07, 6.45) is 1.50. The molecule has 0 aliphatic heterocycles. The molecule has 0 aliphatic rings. The summed E-state index contributed by atoms with van der Waals surface area (Å²) in [5.74, 6) is 0.444. The summed E-state index contributed by atoms with van der Waals surface area (Å²) in [5.41, 5.74) is 8.59. The highest BCUT2D eigenvalue weighted by Crippen LogP contribution is 1.92. The van der Waals surface area contributed by atoms with Gasteiger partial charge in [-0.25, -0.2) is 5.43 Å². The maximum absolute atomic E-state index is 6.31. The van der Waals surface area contributed by atoms with Gasteiger partial charge in [0.15, 0.2) is 5.82 Å². The molecule has 3 N–H and O–H groups in total. The van der Waals surface area contributed by atoms with Crippen LogP contribution in [0.15, 0.2) is 11.4 Å². The first-order valence-electron chi connectivity index (χ1n) is 1.92. The molecule has 0 saturated carbocycles. The number of aromatic nitrogens is 3. The second kappa shape index (κ2) is 2.01. The molecule has 0 bridgehead atoms. The zero-order valence-electron chi connectivity index (χ0n) is 3.92. The van der Waals surface area contributed by atoms with Crippen LogP contribution in [0.4, 0.5) is 5.82 Å². The van der Waals surface area contributed by atoms with Gasteiger partial charge in [-0.15, -0.1) is 5.10 Å². The summed E-state index contributed by atoms with van der Waals surface area (Å²) in [6, 6.07) is 0. The fraction of sp³-hybridized carbons (Fsp3) is 0. The topological polar surface area (TPSA) is 89.8 Å². The molecule has 8 heavy (non-hydrogen) atoms. The predicted octanol–water partition coefficient (Wildman–Crippen LogP) is 0.163. The Kier molecular flexibility index (Phi) is 1.18. The maximum atomic E-state index is 6.31. The first-order chi connectivity index (χ1) is 3.93. The van der Waals surface area contributed by atoms with Crippen molar-refractivity contribution in [2.75, 3.05) is 5.43 Å². The third-order valence-electron chi connectivity index (χ3n) is 0.587. The van der Waals surface area contributed by atoms with E-state index in [9.17, 15) is 0 Å². The molecule has 1 aromatic heterocycles. The van der Waals surface area contributed by atoms with E-state index in [0.29, 0.717) is 5.82 Å². The Morgan fingerprint density at radius 2 is 2.75 bits per heavy atom. The van der Waals surface area contributed by atoms with E-state index in [1.165, 1.54) is 6.20 Å². The van der Waals surface area contributed by atoms with Crippen molar-refractivity contribution in [1.82, 2.24) is 15.4 Å². The van der Waals surface area contributed by atoms with Gasteiger partial charge in [0.05, 0.1) is 6.20 Å². The monoisotopic (exact) mass is 112 g/mol. The normalized spacial score (nSPS) is 8.50. The standard InChI is InChI=1S/C2H4N6/c3-7-5-2-1-4-8-6-2/h1H,(H3,3,4,5,6,8). The van der Waals surface area contributed by atoms with Gasteiger partial charge in [-0.3, -0.25) is 5.10 Å². The molecule has 0 aromatic carbocycles. The van der Waals surface area contributed by atoms with E-state index in [2.05, 4.69) is 26.1 Å². The van der Waals surface area contributed by atoms with Crippen molar-refractivity contribution >= 4 is 5.82 Å². The van der Waals surface area contributed by atoms with Crippen LogP contribution in [-0.2, 0) is 0 Å². The lowest BCUT2D eigenvalue weighted by atomic mass is 10.8. The Hall–Kier alpha value is -1.46. The predicted molar refractivity (Wildman–Crippen MR) is 25.2 cm³/mol. The molecule has 0 amide bonds. The molecule has 1 aromatic rings. The zero-order chi connectivity index (χ0) is 5.82. The number of nitrogens with zero attached hydrogens (tertiary/aromatic N) is 3. The van der Waals surface area contributed by atoms with Crippen molar-refractivity contribution in [2.24, 2.45) is 5.22 Å². The Labute approximate surface area is 44.8 Å². The molecule has 0 spiro atoms. The summed E-state index contributed by atoms with van der Waals surface area (Å²) in [7, 11) is 0. The number of anilines is 1. The molecule has 1 rings (SSSR count). The lowest BCUT2D eigenvalue weighted by Crippen LogP contribution is -1.83. The molecule has 0 aliphatic carbocycles. The Morgan fingerprint density at radius 1 is 1.88 bits per heavy atom. The number of hydrogen-bond acceptors (Lipinski definition) is 4. The number of hydrogen-bond donors (Lipinski definition) is 3. The molecule has 0 fully saturated rings. The van der Waals surface area contributed by atoms with Crippen LogP contribution in [0.2, 0.25) is 0 Å². The van der Waals surface area contributed by atoms with Crippen LogP contribution < -0.4 is 5.43 Å². The molecule has 1 heterocycles. The summed E-state index contributed by atoms with van der Waals surface area (Å²) in [5, 5.41) is 12.1. The Morgan fingerprint density at radius 3 is 3.25 bits per heavy atom. The van der Waals surface area contributed by atoms with Gasteiger partial charge in [0.25, 0.3) is 0 Å². The SMILES string of the molecule is N=NNc1c[nH]nn1. The maximum Gasteiger partial charge on any atom is 0.189 e. The van der Waals surface area contributed by atoms with Gasteiger partial charge in [-0.1, -0.05) is 10.4 Å². The highest BCUT2D eigenvalue weighted by atomic mass is 15.4. The minimum absolute atomic E-state index is 0.444. The van der Waals surface area contributed by atoms with Crippen molar-refractivity contribution in [3.8, 4) is 0 Å². The van der Waals surface area contributed by atoms with Crippen LogP contribution >= 0.6 is 0 Å². The first-order valence-corrected chi connectivity index (χ1v) is 1.92. The third-order valence-corrected chi connectivity index (χ3v) is 0.587. The van der Waals surface area contributed by atoms with Crippen molar-refractivity contribution < 1.29 is 0 Å². The van der Waals surface area contributed by atoms with Crippen molar-refractivity contribution in [3.63, 3.8) is 0 Å². The minimum atomic E-state index is 0.444. The number of aromatic amines is 1. The Balaban J connectivity index is 2.62. The van der Waals surface area contributed by atoms with Gasteiger partial charge in [0.2, 0.25) is 0 Å². The molecule has 6 nitrogen and oxygen atoms in total. The number of H-pyrrole nitrogens is 1. The van der Waals surface area contributed by atoms with Crippen molar-refractivity contribution in [2.45, 2.75) is 0 Å². The number of nitrogens with one attached hydrogen (secondary N) is 3. The average Bonchev–Trinajstić information content (AvgIpc) is 2.19. The van der Waals surface area contributed by atoms with Gasteiger partial charge < -0.3 is 0 Å². The molecule has 0 unspecified atom stereocenters. The average molecular weight is 112 g/mol. The highest BCUT2D eigenvalue weighted by molar-refractivity contribution is 5.26. The van der Waals surface area contributed by atoms with Crippen LogP contribution in [0, 0.1) is 5.53 Å². The quantitative estimate of drug-likeness (QED) is 0.376. The number of rotatable bonds is 2. The van der Waals surface area contributed by atoms with Gasteiger partial charge in [-0.2, -0.15) is 5.53 Å². The van der Waals surface area contributed by atoms with Crippen LogP contribution in [0.1, 0.15) is 0 Å². The molecule has 0 atom stereocenters. The summed E-state index contributed by atoms with van der Waals surface area (Å²) in [4.78, 5) is 0. The van der Waals surface area contributed by atoms with Gasteiger partial charge in [0, 0.05) is 0 Å². The largest absolute Gasteiger partial charge is 0.263 e. The fourth-order valence-electron chi connectivity index (χ4n) is 0.314. The fourth-order valence-corrected chi connectivity index (χ4v) is 0.314. The van der Waals surface area contributed by atoms with Crippen molar-refractivity contribution in [3.05, 3.63) is 6.20 Å². The van der Waals surface area contributed by atoms with Gasteiger partial charge in [0.1, 0.15) is 0 Å². The van der Waals surface area contributed by atoms with Crippen LogP contribution in [-0.4, -0.2) is 15.4 Å². The van der Waals surface area contributed by atoms with E-state index in [4.69, 9.17) is 5.53 Å². The smallest absolute Gasteiger partial charge is 0.189 e. The zero-order valence-corrected chi connectivity index (χ0v) is 3.92. The molecule has 0 radical (unpaired) electrons. The second-order valence-corrected chi connectivity index (χ2v) is 1.08. The van der Waals surface area contributed by atoms with E-state index in [-0.39, 0.29) is 0 Å². The third kappa shape index (κ3) is 0.780. The lowest BCUT2D eigenvalue weighted by molar-refractivity contribution is 0.933. The van der Waals surface area contributed by atoms with Crippen molar-refractivity contribution in [1.29, 1.82) is 5.53 Å². The molecular weight excluding hydrogens is 108 g/mol. The van der Waals surface area contributed by atoms with Gasteiger partial charge >= 0.3 is 0 Å². The van der Waals surface area contributed by atoms with Crippen LogP contribution in [0.5, 0.6) is 0 Å². The van der Waals surface area contributed by atoms with Crippen LogP contribution in [0.3, 0.4) is 0 Å². The molecule has 0 saturated heterocycles. The van der Waals surface area contributed by atoms with E-state index < -0.39 is 0 Å². The summed E-state index contributed by atoms with van der Waals surface area (Å²) in [6.45, 7) is 0. The van der Waals surface area contributed by atoms with E-state index in [0.717, 1.165) is 0 Å². The lowest BCUT2D eigenvalue weighted by Gasteiger charge is -1.82. The summed E-state index contributed by atoms with van der Waals surface area (Å²) < 4.78 is 0. The summed E-state index contributed by atoms with van der Waals surface area (Å²) >= 11 is 0. The van der Waals surface area contributed by atoms with E-state index in [1.807, 2.05) is 0 Å². The molecule has 42 valence electrons. The molecular formula is C2H4N6.